The van der Waals surface area contributed by atoms with Gasteiger partial charge in [0.1, 0.15) is 0 Å². The molecule has 1 unspecified atom stereocenters. The monoisotopic (exact) mass is 295 g/mol. The van der Waals surface area contributed by atoms with Crippen molar-refractivity contribution in [1.29, 1.82) is 5.26 Å². The Morgan fingerprint density at radius 3 is 2.55 bits per heavy atom. The van der Waals surface area contributed by atoms with Gasteiger partial charge in [-0.15, -0.1) is 0 Å². The summed E-state index contributed by atoms with van der Waals surface area (Å²) in [4.78, 5) is 11.7. The van der Waals surface area contributed by atoms with Gasteiger partial charge in [0.25, 0.3) is 0 Å². The van der Waals surface area contributed by atoms with E-state index in [9.17, 15) is 13.2 Å². The first-order valence-electron chi connectivity index (χ1n) is 6.17. The van der Waals surface area contributed by atoms with E-state index in [0.717, 1.165) is 0 Å². The van der Waals surface area contributed by atoms with Gasteiger partial charge in [-0.2, -0.15) is 5.26 Å². The Morgan fingerprint density at radius 2 is 2.00 bits per heavy atom. The maximum atomic E-state index is 12.1. The first-order valence-corrected chi connectivity index (χ1v) is 7.89. The molecule has 20 heavy (non-hydrogen) atoms. The van der Waals surface area contributed by atoms with Crippen LogP contribution in [0, 0.1) is 11.3 Å². The fraction of sp³-hybridized carbons (Fsp3) is 0.429. The Morgan fingerprint density at radius 1 is 1.35 bits per heavy atom. The number of esters is 1. The number of hydrogen-bond donors (Lipinski definition) is 0. The molecule has 0 amide bonds. The van der Waals surface area contributed by atoms with E-state index in [1.54, 1.807) is 32.0 Å². The van der Waals surface area contributed by atoms with Crippen molar-refractivity contribution >= 4 is 15.8 Å². The molecule has 0 saturated carbocycles. The quantitative estimate of drug-likeness (QED) is 0.773. The molecule has 0 aliphatic carbocycles. The summed E-state index contributed by atoms with van der Waals surface area (Å²) in [6.45, 7) is 4.63. The summed E-state index contributed by atoms with van der Waals surface area (Å²) >= 11 is 0. The van der Waals surface area contributed by atoms with Crippen molar-refractivity contribution in [2.45, 2.75) is 37.9 Å². The molecule has 0 aliphatic heterocycles. The number of benzene rings is 1. The zero-order valence-electron chi connectivity index (χ0n) is 11.7. The third-order valence-corrected chi connectivity index (χ3v) is 4.65. The second kappa shape index (κ2) is 6.53. The summed E-state index contributed by atoms with van der Waals surface area (Å²) in [5.41, 5.74) is 0.864. The fourth-order valence-corrected chi connectivity index (χ4v) is 2.81. The van der Waals surface area contributed by atoms with Crippen LogP contribution >= 0.6 is 0 Å². The Labute approximate surface area is 119 Å². The Hall–Kier alpha value is -1.87. The Bertz CT molecular complexity index is 629. The molecule has 0 aliphatic rings. The van der Waals surface area contributed by atoms with Crippen LogP contribution in [-0.2, 0) is 25.1 Å². The molecule has 108 valence electrons. The topological polar surface area (TPSA) is 84.2 Å². The summed E-state index contributed by atoms with van der Waals surface area (Å²) in [6, 6.07) is 8.25. The van der Waals surface area contributed by atoms with Crippen molar-refractivity contribution < 1.29 is 17.9 Å². The maximum Gasteiger partial charge on any atom is 0.324 e. The molecule has 1 aromatic rings. The highest BCUT2D eigenvalue weighted by Crippen LogP contribution is 2.14. The number of sulfone groups is 1. The van der Waals surface area contributed by atoms with Gasteiger partial charge in [0.05, 0.1) is 23.5 Å². The van der Waals surface area contributed by atoms with Crippen LogP contribution in [0.4, 0.5) is 0 Å². The summed E-state index contributed by atoms with van der Waals surface area (Å²) < 4.78 is 29.2. The minimum absolute atomic E-state index is 0.295. The lowest BCUT2D eigenvalue weighted by atomic mass is 10.2. The summed E-state index contributed by atoms with van der Waals surface area (Å²) in [5.74, 6) is -1.05. The first-order chi connectivity index (χ1) is 9.26. The molecule has 0 saturated heterocycles. The third-order valence-electron chi connectivity index (χ3n) is 2.65. The van der Waals surface area contributed by atoms with Crippen LogP contribution < -0.4 is 0 Å². The van der Waals surface area contributed by atoms with Crippen molar-refractivity contribution in [1.82, 2.24) is 0 Å². The van der Waals surface area contributed by atoms with Crippen LogP contribution in [0.3, 0.4) is 0 Å². The highest BCUT2D eigenvalue weighted by molar-refractivity contribution is 7.92. The lowest BCUT2D eigenvalue weighted by Gasteiger charge is -2.14. The van der Waals surface area contributed by atoms with Gasteiger partial charge in [-0.1, -0.05) is 12.1 Å². The van der Waals surface area contributed by atoms with Crippen molar-refractivity contribution in [2.24, 2.45) is 0 Å². The van der Waals surface area contributed by atoms with Gasteiger partial charge < -0.3 is 4.74 Å². The minimum atomic E-state index is -3.67. The molecular weight excluding hydrogens is 278 g/mol. The van der Waals surface area contributed by atoms with Crippen molar-refractivity contribution in [3.05, 3.63) is 35.4 Å². The lowest BCUT2D eigenvalue weighted by molar-refractivity contribution is -0.146. The maximum absolute atomic E-state index is 12.1. The van der Waals surface area contributed by atoms with E-state index < -0.39 is 21.1 Å². The van der Waals surface area contributed by atoms with Gasteiger partial charge in [-0.25, -0.2) is 8.42 Å². The molecule has 0 aromatic heterocycles. The molecule has 0 spiro atoms. The average Bonchev–Trinajstić information content (AvgIpc) is 2.36. The summed E-state index contributed by atoms with van der Waals surface area (Å²) in [7, 11) is -3.67. The largest absolute Gasteiger partial charge is 0.462 e. The van der Waals surface area contributed by atoms with E-state index >= 15 is 0 Å². The SMILES string of the molecule is CC(C)OC(=O)C(C)S(=O)(=O)Cc1cccc(C#N)c1. The van der Waals surface area contributed by atoms with Gasteiger partial charge in [0, 0.05) is 0 Å². The second-order valence-electron chi connectivity index (χ2n) is 4.75. The van der Waals surface area contributed by atoms with Crippen LogP contribution in [0.5, 0.6) is 0 Å². The number of rotatable bonds is 5. The lowest BCUT2D eigenvalue weighted by Crippen LogP contribution is -2.31. The molecule has 0 fully saturated rings. The van der Waals surface area contributed by atoms with E-state index in [2.05, 4.69) is 0 Å². The number of nitrogens with zero attached hydrogens (tertiary/aromatic N) is 1. The van der Waals surface area contributed by atoms with Crippen molar-refractivity contribution in [3.8, 4) is 6.07 Å². The molecule has 5 nitrogen and oxygen atoms in total. The number of ether oxygens (including phenoxy) is 1. The van der Waals surface area contributed by atoms with Gasteiger partial charge in [-0.3, -0.25) is 4.79 Å². The highest BCUT2D eigenvalue weighted by Gasteiger charge is 2.30. The van der Waals surface area contributed by atoms with Crippen LogP contribution in [0.15, 0.2) is 24.3 Å². The molecule has 1 atom stereocenters. The molecule has 6 heteroatoms. The molecular formula is C14H17NO4S. The number of carbonyl (C=O) groups is 1. The molecule has 0 bridgehead atoms. The highest BCUT2D eigenvalue weighted by atomic mass is 32.2. The van der Waals surface area contributed by atoms with Gasteiger partial charge in [0.2, 0.25) is 0 Å². The van der Waals surface area contributed by atoms with E-state index in [0.29, 0.717) is 11.1 Å². The van der Waals surface area contributed by atoms with Crippen LogP contribution in [0.2, 0.25) is 0 Å². The van der Waals surface area contributed by atoms with E-state index in [1.165, 1.54) is 13.0 Å². The third kappa shape index (κ3) is 4.35. The average molecular weight is 295 g/mol. The van der Waals surface area contributed by atoms with Gasteiger partial charge in [-0.05, 0) is 38.5 Å². The summed E-state index contributed by atoms with van der Waals surface area (Å²) in [5, 5.41) is 7.56. The minimum Gasteiger partial charge on any atom is -0.462 e. The molecule has 1 aromatic carbocycles. The Balaban J connectivity index is 2.89. The smallest absolute Gasteiger partial charge is 0.324 e. The predicted octanol–water partition coefficient (Wildman–Crippen LogP) is 1.81. The normalized spacial score (nSPS) is 12.8. The predicted molar refractivity (Wildman–Crippen MR) is 74.5 cm³/mol. The van der Waals surface area contributed by atoms with Crippen molar-refractivity contribution in [2.75, 3.05) is 0 Å². The zero-order chi connectivity index (χ0) is 15.3. The molecule has 0 radical (unpaired) electrons. The number of nitriles is 1. The fourth-order valence-electron chi connectivity index (χ4n) is 1.56. The van der Waals surface area contributed by atoms with Crippen LogP contribution in [0.1, 0.15) is 31.9 Å². The van der Waals surface area contributed by atoms with Crippen LogP contribution in [-0.4, -0.2) is 25.7 Å². The van der Waals surface area contributed by atoms with Gasteiger partial charge in [0.15, 0.2) is 15.1 Å². The molecule has 0 heterocycles. The van der Waals surface area contributed by atoms with Gasteiger partial charge >= 0.3 is 5.97 Å². The molecule has 0 N–H and O–H groups in total. The number of hydrogen-bond acceptors (Lipinski definition) is 5. The zero-order valence-corrected chi connectivity index (χ0v) is 12.5. The number of carbonyl (C=O) groups excluding carboxylic acids is 1. The van der Waals surface area contributed by atoms with E-state index in [4.69, 9.17) is 10.00 Å². The molecule has 1 rings (SSSR count). The van der Waals surface area contributed by atoms with Crippen LogP contribution in [0.25, 0.3) is 0 Å². The van der Waals surface area contributed by atoms with E-state index in [1.807, 2.05) is 6.07 Å². The first kappa shape index (κ1) is 16.2. The second-order valence-corrected chi connectivity index (χ2v) is 7.07. The van der Waals surface area contributed by atoms with E-state index in [-0.39, 0.29) is 11.9 Å². The Kier molecular flexibility index (Phi) is 5.28. The summed E-state index contributed by atoms with van der Waals surface area (Å²) in [6.07, 6.45) is -0.359. The van der Waals surface area contributed by atoms with Crippen molar-refractivity contribution in [3.63, 3.8) is 0 Å². The standard InChI is InChI=1S/C14H17NO4S/c1-10(2)19-14(16)11(3)20(17,18)9-13-6-4-5-12(7-13)8-15/h4-7,10-11H,9H2,1-3H3.